The molecule has 156 valence electrons. The van der Waals surface area contributed by atoms with Gasteiger partial charge in [0.05, 0.1) is 23.9 Å². The Kier molecular flexibility index (Phi) is 5.65. The van der Waals surface area contributed by atoms with Gasteiger partial charge in [0.15, 0.2) is 5.76 Å². The lowest BCUT2D eigenvalue weighted by molar-refractivity contribution is -0.150. The van der Waals surface area contributed by atoms with Gasteiger partial charge in [0.25, 0.3) is 11.8 Å². The first kappa shape index (κ1) is 19.9. The van der Waals surface area contributed by atoms with Crippen molar-refractivity contribution in [3.8, 4) is 11.7 Å². The molecular formula is C22H21FN2O5. The van der Waals surface area contributed by atoms with Gasteiger partial charge in [0.1, 0.15) is 17.7 Å². The molecule has 7 nitrogen and oxygen atoms in total. The molecule has 0 saturated carbocycles. The van der Waals surface area contributed by atoms with Crippen LogP contribution >= 0.6 is 0 Å². The number of aromatic nitrogens is 1. The van der Waals surface area contributed by atoms with Crippen molar-refractivity contribution in [1.29, 1.82) is 0 Å². The first-order chi connectivity index (χ1) is 14.5. The minimum Gasteiger partial charge on any atom is -0.462 e. The Labute approximate surface area is 172 Å². The zero-order valence-corrected chi connectivity index (χ0v) is 16.5. The maximum Gasteiger partial charge on any atom is 0.312 e. The maximum atomic E-state index is 13.8. The van der Waals surface area contributed by atoms with Crippen LogP contribution in [0.1, 0.15) is 34.7 Å². The van der Waals surface area contributed by atoms with Gasteiger partial charge in [-0.2, -0.15) is 0 Å². The number of oxazole rings is 1. The average molecular weight is 412 g/mol. The van der Waals surface area contributed by atoms with Crippen molar-refractivity contribution in [1.82, 2.24) is 9.88 Å². The fourth-order valence-electron chi connectivity index (χ4n) is 3.44. The number of benzene rings is 1. The summed E-state index contributed by atoms with van der Waals surface area (Å²) in [5.74, 6) is 0.0549. The van der Waals surface area contributed by atoms with E-state index in [1.165, 1.54) is 18.4 Å². The number of carbonyl (C=O) groups excluding carboxylic acids is 2. The molecule has 0 aliphatic carbocycles. The number of amides is 1. The Morgan fingerprint density at radius 2 is 1.97 bits per heavy atom. The van der Waals surface area contributed by atoms with Crippen molar-refractivity contribution in [2.24, 2.45) is 0 Å². The lowest BCUT2D eigenvalue weighted by atomic mass is 10.1. The molecule has 0 spiro atoms. The number of carbonyl (C=O) groups is 2. The number of nitrogens with zero attached hydrogens (tertiary/aromatic N) is 2. The quantitative estimate of drug-likeness (QED) is 0.593. The minimum absolute atomic E-state index is 0.00951. The van der Waals surface area contributed by atoms with E-state index < -0.39 is 11.8 Å². The monoisotopic (exact) mass is 412 g/mol. The highest BCUT2D eigenvalue weighted by atomic mass is 19.1. The molecule has 1 aliphatic rings. The molecule has 0 radical (unpaired) electrons. The van der Waals surface area contributed by atoms with Gasteiger partial charge in [0, 0.05) is 25.9 Å². The summed E-state index contributed by atoms with van der Waals surface area (Å²) in [6, 6.07) is 9.38. The number of aryl methyl sites for hydroxylation is 1. The molecule has 1 aromatic carbocycles. The molecule has 2 aromatic heterocycles. The largest absolute Gasteiger partial charge is 0.462 e. The van der Waals surface area contributed by atoms with Crippen molar-refractivity contribution in [3.63, 3.8) is 0 Å². The highest BCUT2D eigenvalue weighted by Crippen LogP contribution is 2.23. The molecule has 0 atom stereocenters. The third-order valence-electron chi connectivity index (χ3n) is 5.07. The van der Waals surface area contributed by atoms with Crippen LogP contribution in [0.2, 0.25) is 0 Å². The van der Waals surface area contributed by atoms with Crippen molar-refractivity contribution >= 4 is 11.9 Å². The highest BCUT2D eigenvalue weighted by Gasteiger charge is 2.27. The second-order valence-electron chi connectivity index (χ2n) is 7.14. The van der Waals surface area contributed by atoms with E-state index in [1.807, 2.05) is 0 Å². The maximum absolute atomic E-state index is 13.8. The molecule has 30 heavy (non-hydrogen) atoms. The van der Waals surface area contributed by atoms with E-state index in [-0.39, 0.29) is 24.0 Å². The molecule has 3 heterocycles. The van der Waals surface area contributed by atoms with Gasteiger partial charge in [-0.05, 0) is 31.2 Å². The number of hydrogen-bond acceptors (Lipinski definition) is 6. The number of furan rings is 1. The third kappa shape index (κ3) is 4.27. The topological polar surface area (TPSA) is 85.8 Å². The number of hydrogen-bond donors (Lipinski definition) is 0. The summed E-state index contributed by atoms with van der Waals surface area (Å²) in [5, 5.41) is 0. The predicted molar refractivity (Wildman–Crippen MR) is 104 cm³/mol. The lowest BCUT2D eigenvalue weighted by Gasteiger charge is -2.31. The number of piperidine rings is 1. The molecule has 1 aliphatic heterocycles. The molecule has 0 N–H and O–H groups in total. The Hall–Kier alpha value is -3.42. The van der Waals surface area contributed by atoms with Crippen LogP contribution in [-0.2, 0) is 16.0 Å². The SMILES string of the molecule is Cc1oc(-c2ccco2)nc1CC(=O)OC1CCN(C(=O)c2ccccc2F)CC1. The second kappa shape index (κ2) is 8.52. The molecule has 0 unspecified atom stereocenters. The van der Waals surface area contributed by atoms with E-state index >= 15 is 0 Å². The van der Waals surface area contributed by atoms with E-state index in [9.17, 15) is 14.0 Å². The number of rotatable bonds is 5. The fourth-order valence-corrected chi connectivity index (χ4v) is 3.44. The Balaban J connectivity index is 1.30. The van der Waals surface area contributed by atoms with Gasteiger partial charge in [-0.25, -0.2) is 9.37 Å². The van der Waals surface area contributed by atoms with Gasteiger partial charge in [-0.3, -0.25) is 9.59 Å². The van der Waals surface area contributed by atoms with Crippen LogP contribution in [0.15, 0.2) is 51.5 Å². The van der Waals surface area contributed by atoms with Crippen molar-refractivity contribution in [2.45, 2.75) is 32.3 Å². The highest BCUT2D eigenvalue weighted by molar-refractivity contribution is 5.94. The fraction of sp³-hybridized carbons (Fsp3) is 0.318. The van der Waals surface area contributed by atoms with Gasteiger partial charge in [-0.1, -0.05) is 12.1 Å². The van der Waals surface area contributed by atoms with Crippen molar-refractivity contribution < 1.29 is 27.6 Å². The van der Waals surface area contributed by atoms with E-state index in [0.29, 0.717) is 49.0 Å². The van der Waals surface area contributed by atoms with Crippen LogP contribution in [-0.4, -0.2) is 41.0 Å². The summed E-state index contributed by atoms with van der Waals surface area (Å²) in [5.41, 5.74) is 0.556. The third-order valence-corrected chi connectivity index (χ3v) is 5.07. The summed E-state index contributed by atoms with van der Waals surface area (Å²) >= 11 is 0. The van der Waals surface area contributed by atoms with E-state index in [2.05, 4.69) is 4.98 Å². The van der Waals surface area contributed by atoms with Crippen LogP contribution in [0.5, 0.6) is 0 Å². The van der Waals surface area contributed by atoms with Crippen LogP contribution in [0, 0.1) is 12.7 Å². The van der Waals surface area contributed by atoms with Gasteiger partial charge in [-0.15, -0.1) is 0 Å². The summed E-state index contributed by atoms with van der Waals surface area (Å²) in [6.07, 6.45) is 2.22. The smallest absolute Gasteiger partial charge is 0.312 e. The molecule has 3 aromatic rings. The zero-order valence-electron chi connectivity index (χ0n) is 16.5. The standard InChI is InChI=1S/C22H21FN2O5/c1-14-18(24-21(29-14)19-7-4-12-28-19)13-20(26)30-15-8-10-25(11-9-15)22(27)16-5-2-3-6-17(16)23/h2-7,12,15H,8-11,13H2,1H3. The van der Waals surface area contributed by atoms with Crippen molar-refractivity contribution in [2.75, 3.05) is 13.1 Å². The number of esters is 1. The van der Waals surface area contributed by atoms with Crippen LogP contribution in [0.4, 0.5) is 4.39 Å². The molecule has 4 rings (SSSR count). The molecule has 1 saturated heterocycles. The molecule has 0 bridgehead atoms. The van der Waals surface area contributed by atoms with E-state index in [0.717, 1.165) is 0 Å². The van der Waals surface area contributed by atoms with Gasteiger partial charge < -0.3 is 18.5 Å². The van der Waals surface area contributed by atoms with Gasteiger partial charge in [0.2, 0.25) is 0 Å². The Morgan fingerprint density at radius 1 is 1.20 bits per heavy atom. The average Bonchev–Trinajstić information content (AvgIpc) is 3.39. The Morgan fingerprint density at radius 3 is 2.67 bits per heavy atom. The Bertz CT molecular complexity index is 1040. The first-order valence-electron chi connectivity index (χ1n) is 9.74. The summed E-state index contributed by atoms with van der Waals surface area (Å²) < 4.78 is 30.2. The van der Waals surface area contributed by atoms with Crippen LogP contribution < -0.4 is 0 Å². The lowest BCUT2D eigenvalue weighted by Crippen LogP contribution is -2.41. The van der Waals surface area contributed by atoms with Crippen molar-refractivity contribution in [3.05, 3.63) is 65.5 Å². The summed E-state index contributed by atoms with van der Waals surface area (Å²) in [7, 11) is 0. The number of likely N-dealkylation sites (tertiary alicyclic amines) is 1. The van der Waals surface area contributed by atoms with E-state index in [1.54, 1.807) is 36.1 Å². The molecular weight excluding hydrogens is 391 g/mol. The zero-order chi connectivity index (χ0) is 21.1. The van der Waals surface area contributed by atoms with Crippen LogP contribution in [0.25, 0.3) is 11.7 Å². The second-order valence-corrected chi connectivity index (χ2v) is 7.14. The molecule has 1 amide bonds. The normalized spacial score (nSPS) is 14.7. The number of ether oxygens (including phenoxy) is 1. The minimum atomic E-state index is -0.534. The summed E-state index contributed by atoms with van der Waals surface area (Å²) in [6.45, 7) is 2.53. The first-order valence-corrected chi connectivity index (χ1v) is 9.74. The molecule has 1 fully saturated rings. The van der Waals surface area contributed by atoms with Crippen LogP contribution in [0.3, 0.4) is 0 Å². The van der Waals surface area contributed by atoms with Gasteiger partial charge >= 0.3 is 5.97 Å². The summed E-state index contributed by atoms with van der Waals surface area (Å²) in [4.78, 5) is 30.7. The number of halogens is 1. The van der Waals surface area contributed by atoms with E-state index in [4.69, 9.17) is 13.6 Å². The molecule has 8 heteroatoms. The predicted octanol–water partition coefficient (Wildman–Crippen LogP) is 3.77.